The Morgan fingerprint density at radius 2 is 2.00 bits per heavy atom. The van der Waals surface area contributed by atoms with E-state index < -0.39 is 0 Å². The number of pyridine rings is 1. The molecule has 0 bridgehead atoms. The van der Waals surface area contributed by atoms with Crippen molar-refractivity contribution >= 4 is 68.3 Å². The van der Waals surface area contributed by atoms with Crippen LogP contribution in [0.5, 0.6) is 0 Å². The van der Waals surface area contributed by atoms with Crippen molar-refractivity contribution in [3.8, 4) is 0 Å². The zero-order valence-corrected chi connectivity index (χ0v) is 21.7. The third-order valence-electron chi connectivity index (χ3n) is 5.70. The molecular formula is C21H34I2N4O. The van der Waals surface area contributed by atoms with Crippen molar-refractivity contribution in [2.45, 2.75) is 51.9 Å². The molecule has 2 rings (SSSR count). The molecule has 1 aromatic rings. The highest BCUT2D eigenvalue weighted by atomic mass is 127. The first-order valence-electron chi connectivity index (χ1n) is 10.4. The average molecular weight is 612 g/mol. The molecule has 5 nitrogen and oxygen atoms in total. The number of carbonyl (C=O) groups is 1. The molecule has 1 heterocycles. The summed E-state index contributed by atoms with van der Waals surface area (Å²) in [7, 11) is 4.05. The summed E-state index contributed by atoms with van der Waals surface area (Å²) in [6.07, 6.45) is 9.66. The first kappa shape index (κ1) is 24.0. The number of anilines is 3. The van der Waals surface area contributed by atoms with Crippen LogP contribution in [0.2, 0.25) is 0 Å². The van der Waals surface area contributed by atoms with Crippen LogP contribution in [0.3, 0.4) is 0 Å². The molecule has 1 aromatic heterocycles. The minimum atomic E-state index is 0.114. The van der Waals surface area contributed by atoms with Gasteiger partial charge in [0.05, 0.1) is 17.6 Å². The van der Waals surface area contributed by atoms with E-state index in [4.69, 9.17) is 0 Å². The number of amides is 1. The molecule has 0 radical (unpaired) electrons. The molecule has 1 amide bonds. The molecule has 158 valence electrons. The van der Waals surface area contributed by atoms with E-state index in [1.54, 1.807) is 0 Å². The van der Waals surface area contributed by atoms with E-state index in [0.717, 1.165) is 60.3 Å². The maximum absolute atomic E-state index is 13.1. The molecule has 28 heavy (non-hydrogen) atoms. The Morgan fingerprint density at radius 1 is 1.25 bits per heavy atom. The van der Waals surface area contributed by atoms with Crippen molar-refractivity contribution in [1.82, 2.24) is 4.98 Å². The fourth-order valence-electron chi connectivity index (χ4n) is 4.10. The normalized spacial score (nSPS) is 19.3. The summed E-state index contributed by atoms with van der Waals surface area (Å²) < 4.78 is 2.19. The predicted molar refractivity (Wildman–Crippen MR) is 138 cm³/mol. The molecule has 2 N–H and O–H groups in total. The van der Waals surface area contributed by atoms with E-state index in [1.165, 1.54) is 22.8 Å². The lowest BCUT2D eigenvalue weighted by molar-refractivity contribution is -0.122. The smallest absolute Gasteiger partial charge is 0.227 e. The summed E-state index contributed by atoms with van der Waals surface area (Å²) in [5.74, 6) is 1.64. The molecule has 1 fully saturated rings. The molecule has 0 spiro atoms. The number of alkyl halides is 2. The lowest BCUT2D eigenvalue weighted by atomic mass is 9.80. The molecule has 2 unspecified atom stereocenters. The number of hydrogen-bond donors (Lipinski definition) is 2. The van der Waals surface area contributed by atoms with Crippen molar-refractivity contribution in [3.05, 3.63) is 11.8 Å². The molecule has 0 aromatic carbocycles. The van der Waals surface area contributed by atoms with Gasteiger partial charge in [0.1, 0.15) is 5.82 Å². The number of nitrogens with one attached hydrogen (secondary N) is 2. The maximum atomic E-state index is 13.1. The van der Waals surface area contributed by atoms with E-state index in [0.29, 0.717) is 5.92 Å². The first-order valence-corrected chi connectivity index (χ1v) is 13.4. The number of hydrogen-bond acceptors (Lipinski definition) is 4. The quantitative estimate of drug-likeness (QED) is 0.208. The minimum absolute atomic E-state index is 0.114. The van der Waals surface area contributed by atoms with Crippen molar-refractivity contribution in [2.24, 2.45) is 11.8 Å². The maximum Gasteiger partial charge on any atom is 0.227 e. The van der Waals surface area contributed by atoms with Crippen molar-refractivity contribution in [3.63, 3.8) is 0 Å². The highest BCUT2D eigenvalue weighted by Gasteiger charge is 2.29. The number of nitrogens with zero attached hydrogens (tertiary/aromatic N) is 2. The van der Waals surface area contributed by atoms with Gasteiger partial charge in [-0.25, -0.2) is 4.98 Å². The zero-order valence-electron chi connectivity index (χ0n) is 17.4. The number of unbranched alkanes of at least 4 members (excludes halogenated alkanes) is 1. The topological polar surface area (TPSA) is 57.3 Å². The third-order valence-corrected chi connectivity index (χ3v) is 7.00. The van der Waals surface area contributed by atoms with Crippen molar-refractivity contribution in [2.75, 3.05) is 45.0 Å². The van der Waals surface area contributed by atoms with Gasteiger partial charge in [0, 0.05) is 36.5 Å². The molecule has 1 aliphatic carbocycles. The Kier molecular flexibility index (Phi) is 10.6. The largest absolute Gasteiger partial charge is 0.373 e. The summed E-state index contributed by atoms with van der Waals surface area (Å²) in [5, 5.41) is 6.50. The van der Waals surface area contributed by atoms with Crippen LogP contribution in [0.25, 0.3) is 0 Å². The van der Waals surface area contributed by atoms with Crippen molar-refractivity contribution < 1.29 is 4.79 Å². The van der Waals surface area contributed by atoms with Gasteiger partial charge >= 0.3 is 0 Å². The van der Waals surface area contributed by atoms with Crippen LogP contribution >= 0.6 is 45.2 Å². The molecule has 0 saturated heterocycles. The van der Waals surface area contributed by atoms with Gasteiger partial charge < -0.3 is 15.5 Å². The molecular weight excluding hydrogens is 578 g/mol. The van der Waals surface area contributed by atoms with Crippen LogP contribution in [-0.4, -0.2) is 40.4 Å². The number of aromatic nitrogens is 1. The third kappa shape index (κ3) is 6.34. The van der Waals surface area contributed by atoms with Gasteiger partial charge in [-0.3, -0.25) is 4.79 Å². The molecule has 1 saturated carbocycles. The van der Waals surface area contributed by atoms with Crippen LogP contribution in [-0.2, 0) is 11.2 Å². The summed E-state index contributed by atoms with van der Waals surface area (Å²) >= 11 is 4.84. The van der Waals surface area contributed by atoms with E-state index in [1.807, 2.05) is 13.2 Å². The first-order chi connectivity index (χ1) is 13.5. The monoisotopic (exact) mass is 612 g/mol. The van der Waals surface area contributed by atoms with Gasteiger partial charge in [0.25, 0.3) is 0 Å². The molecule has 0 aliphatic heterocycles. The lowest BCUT2D eigenvalue weighted by Crippen LogP contribution is -2.31. The minimum Gasteiger partial charge on any atom is -0.373 e. The van der Waals surface area contributed by atoms with Gasteiger partial charge in [-0.2, -0.15) is 0 Å². The van der Waals surface area contributed by atoms with E-state index in [-0.39, 0.29) is 11.8 Å². The summed E-state index contributed by atoms with van der Waals surface area (Å²) in [6.45, 7) is 3.19. The Morgan fingerprint density at radius 3 is 2.64 bits per heavy atom. The van der Waals surface area contributed by atoms with E-state index in [2.05, 4.69) is 79.7 Å². The average Bonchev–Trinajstić information content (AvgIpc) is 2.69. The highest BCUT2D eigenvalue weighted by molar-refractivity contribution is 14.1. The van der Waals surface area contributed by atoms with Gasteiger partial charge in [-0.1, -0.05) is 64.9 Å². The molecule has 2 atom stereocenters. The van der Waals surface area contributed by atoms with Gasteiger partial charge in [0.15, 0.2) is 0 Å². The van der Waals surface area contributed by atoms with Gasteiger partial charge in [-0.15, -0.1) is 0 Å². The van der Waals surface area contributed by atoms with Crippen LogP contribution in [0.4, 0.5) is 17.2 Å². The summed E-state index contributed by atoms with van der Waals surface area (Å²) in [4.78, 5) is 20.0. The van der Waals surface area contributed by atoms with E-state index in [9.17, 15) is 4.79 Å². The van der Waals surface area contributed by atoms with Crippen LogP contribution in [0.1, 0.15) is 51.0 Å². The second-order valence-corrected chi connectivity index (χ2v) is 9.87. The predicted octanol–water partition coefficient (Wildman–Crippen LogP) is 5.52. The fraction of sp³-hybridized carbons (Fsp3) is 0.714. The second-order valence-electron chi connectivity index (χ2n) is 7.71. The second kappa shape index (κ2) is 12.4. The fourth-order valence-corrected chi connectivity index (χ4v) is 5.18. The molecule has 7 heteroatoms. The Balaban J connectivity index is 2.32. The van der Waals surface area contributed by atoms with Gasteiger partial charge in [-0.05, 0) is 42.4 Å². The Bertz CT molecular complexity index is 641. The Hall–Kier alpha value is -0.320. The van der Waals surface area contributed by atoms with Crippen molar-refractivity contribution in [1.29, 1.82) is 0 Å². The number of halogens is 2. The Labute approximate surface area is 197 Å². The SMILES string of the molecule is CNc1ncc(NC(=O)C2CCCCC2C)c(N(C)CCCCI)c1CCI. The zero-order chi connectivity index (χ0) is 20.5. The van der Waals surface area contributed by atoms with E-state index >= 15 is 0 Å². The number of carbonyl (C=O) groups excluding carboxylic acids is 1. The molecule has 1 aliphatic rings. The highest BCUT2D eigenvalue weighted by Crippen LogP contribution is 2.36. The van der Waals surface area contributed by atoms with Crippen LogP contribution < -0.4 is 15.5 Å². The van der Waals surface area contributed by atoms with Crippen LogP contribution in [0.15, 0.2) is 6.20 Å². The summed E-state index contributed by atoms with van der Waals surface area (Å²) in [5.41, 5.74) is 3.18. The van der Waals surface area contributed by atoms with Gasteiger partial charge in [0.2, 0.25) is 5.91 Å². The standard InChI is InChI=1S/C21H34I2N4O/c1-15-8-4-5-9-16(15)21(28)26-18-14-25-20(24-2)17(10-12-23)19(18)27(3)13-7-6-11-22/h14-16H,4-13H2,1-3H3,(H,24,25)(H,26,28). The van der Waals surface area contributed by atoms with Crippen LogP contribution in [0, 0.1) is 11.8 Å². The number of rotatable bonds is 10. The lowest BCUT2D eigenvalue weighted by Gasteiger charge is -2.30. The summed E-state index contributed by atoms with van der Waals surface area (Å²) in [6, 6.07) is 0.